The van der Waals surface area contributed by atoms with Crippen LogP contribution in [0.2, 0.25) is 0 Å². The van der Waals surface area contributed by atoms with Gasteiger partial charge in [-0.2, -0.15) is 43.2 Å². The van der Waals surface area contributed by atoms with Crippen molar-refractivity contribution in [2.45, 2.75) is 24.2 Å². The van der Waals surface area contributed by atoms with Gasteiger partial charge in [-0.05, 0) is 56.9 Å². The lowest BCUT2D eigenvalue weighted by molar-refractivity contribution is -0.282. The summed E-state index contributed by atoms with van der Waals surface area (Å²) in [5, 5.41) is 0.352. The molecule has 4 aromatic rings. The predicted molar refractivity (Wildman–Crippen MR) is 142 cm³/mol. The van der Waals surface area contributed by atoms with E-state index in [1.807, 2.05) is 0 Å². The zero-order valence-corrected chi connectivity index (χ0v) is 24.0. The molecular weight excluding hydrogens is 650 g/mol. The summed E-state index contributed by atoms with van der Waals surface area (Å²) in [4.78, 5) is 18.8. The maximum Gasteiger partial charge on any atom is 0.534 e. The standard InChI is InChI=1S/C26H20F6O10S2/c1-37-39-13-15-3-7-19-17(11-15)5-9-21(41-43(33,34)25(27,28)29)23(19)24-20-8-4-16(14-40-38-2)12-18(20)6-10-22(24)42-44(35,36)26(30,31)32/h3-12H,13-14H2,1-2H3. The highest BCUT2D eigenvalue weighted by molar-refractivity contribution is 7.88. The molecule has 44 heavy (non-hydrogen) atoms. The summed E-state index contributed by atoms with van der Waals surface area (Å²) in [6.07, 6.45) is 0. The molecule has 4 rings (SSSR count). The molecule has 0 aliphatic rings. The van der Waals surface area contributed by atoms with Crippen LogP contribution in [0.4, 0.5) is 26.3 Å². The normalized spacial score (nSPS) is 13.0. The zero-order chi connectivity index (χ0) is 32.5. The molecule has 0 amide bonds. The maximum absolute atomic E-state index is 13.4. The number of rotatable bonds is 11. The van der Waals surface area contributed by atoms with Crippen LogP contribution in [0.3, 0.4) is 0 Å². The van der Waals surface area contributed by atoms with Crippen molar-refractivity contribution in [2.24, 2.45) is 0 Å². The van der Waals surface area contributed by atoms with Crippen LogP contribution in [-0.4, -0.2) is 42.1 Å². The lowest BCUT2D eigenvalue weighted by Crippen LogP contribution is -2.28. The Morgan fingerprint density at radius 3 is 1.25 bits per heavy atom. The average molecular weight is 671 g/mol. The lowest BCUT2D eigenvalue weighted by atomic mass is 9.91. The van der Waals surface area contributed by atoms with Crippen molar-refractivity contribution in [1.82, 2.24) is 0 Å². The summed E-state index contributed by atoms with van der Waals surface area (Å²) in [6.45, 7) is -0.192. The fourth-order valence-corrected chi connectivity index (χ4v) is 5.08. The predicted octanol–water partition coefficient (Wildman–Crippen LogP) is 6.27. The quantitative estimate of drug-likeness (QED) is 0.0593. The molecule has 0 saturated heterocycles. The molecule has 0 N–H and O–H groups in total. The Labute approximate surface area is 245 Å². The van der Waals surface area contributed by atoms with Gasteiger partial charge in [-0.15, -0.1) is 0 Å². The molecule has 238 valence electrons. The van der Waals surface area contributed by atoms with Crippen LogP contribution in [0.25, 0.3) is 32.7 Å². The van der Waals surface area contributed by atoms with Crippen molar-refractivity contribution >= 4 is 41.8 Å². The van der Waals surface area contributed by atoms with Gasteiger partial charge >= 0.3 is 31.3 Å². The van der Waals surface area contributed by atoms with Gasteiger partial charge in [-0.3, -0.25) is 0 Å². The Kier molecular flexibility index (Phi) is 9.34. The van der Waals surface area contributed by atoms with E-state index in [1.165, 1.54) is 62.8 Å². The molecule has 0 aliphatic carbocycles. The average Bonchev–Trinajstić information content (AvgIpc) is 2.93. The first-order chi connectivity index (χ1) is 20.5. The smallest absolute Gasteiger partial charge is 0.375 e. The van der Waals surface area contributed by atoms with E-state index in [-0.39, 0.29) is 34.8 Å². The number of benzene rings is 4. The van der Waals surface area contributed by atoms with Gasteiger partial charge in [0.2, 0.25) is 0 Å². The van der Waals surface area contributed by atoms with Gasteiger partial charge in [0.25, 0.3) is 0 Å². The fraction of sp³-hybridized carbons (Fsp3) is 0.231. The zero-order valence-electron chi connectivity index (χ0n) is 22.4. The van der Waals surface area contributed by atoms with E-state index in [0.29, 0.717) is 11.1 Å². The van der Waals surface area contributed by atoms with Crippen LogP contribution in [0.15, 0.2) is 60.7 Å². The number of alkyl halides is 6. The molecule has 0 heterocycles. The third kappa shape index (κ3) is 6.84. The topological polar surface area (TPSA) is 124 Å². The van der Waals surface area contributed by atoms with Gasteiger partial charge in [0.15, 0.2) is 11.5 Å². The van der Waals surface area contributed by atoms with Crippen LogP contribution in [0, 0.1) is 0 Å². The van der Waals surface area contributed by atoms with E-state index in [1.54, 1.807) is 0 Å². The summed E-state index contributed by atoms with van der Waals surface area (Å²) >= 11 is 0. The first-order valence-electron chi connectivity index (χ1n) is 11.9. The van der Waals surface area contributed by atoms with Gasteiger partial charge < -0.3 is 8.37 Å². The van der Waals surface area contributed by atoms with Crippen LogP contribution in [0.5, 0.6) is 11.5 Å². The molecule has 0 saturated carbocycles. The highest BCUT2D eigenvalue weighted by Crippen LogP contribution is 2.48. The van der Waals surface area contributed by atoms with Gasteiger partial charge in [0.05, 0.1) is 14.2 Å². The van der Waals surface area contributed by atoms with E-state index in [9.17, 15) is 43.2 Å². The molecule has 0 atom stereocenters. The van der Waals surface area contributed by atoms with Crippen molar-refractivity contribution in [1.29, 1.82) is 0 Å². The summed E-state index contributed by atoms with van der Waals surface area (Å²) in [5.74, 6) is -1.96. The third-order valence-corrected chi connectivity index (χ3v) is 7.93. The minimum Gasteiger partial charge on any atom is -0.375 e. The minimum atomic E-state index is -6.32. The lowest BCUT2D eigenvalue weighted by Gasteiger charge is -2.20. The maximum atomic E-state index is 13.4. The second-order valence-corrected chi connectivity index (χ2v) is 11.9. The van der Waals surface area contributed by atoms with Gasteiger partial charge in [-0.1, -0.05) is 36.4 Å². The van der Waals surface area contributed by atoms with Crippen molar-refractivity contribution in [3.63, 3.8) is 0 Å². The van der Waals surface area contributed by atoms with Crippen LogP contribution in [0.1, 0.15) is 11.1 Å². The SMILES string of the molecule is COOCc1ccc2c(-c3c(OS(=O)(=O)C(F)(F)F)ccc4cc(COOC)ccc34)c(OS(=O)(=O)C(F)(F)F)ccc2c1. The van der Waals surface area contributed by atoms with Gasteiger partial charge in [0, 0.05) is 11.1 Å². The summed E-state index contributed by atoms with van der Waals surface area (Å²) < 4.78 is 138. The molecule has 0 radical (unpaired) electrons. The van der Waals surface area contributed by atoms with Gasteiger partial charge in [0.1, 0.15) is 13.2 Å². The molecular formula is C26H20F6O10S2. The highest BCUT2D eigenvalue weighted by atomic mass is 32.2. The first-order valence-corrected chi connectivity index (χ1v) is 14.7. The number of hydrogen-bond acceptors (Lipinski definition) is 10. The molecule has 18 heteroatoms. The van der Waals surface area contributed by atoms with E-state index < -0.39 is 53.9 Å². The van der Waals surface area contributed by atoms with E-state index >= 15 is 0 Å². The molecule has 0 bridgehead atoms. The number of halogens is 6. The van der Waals surface area contributed by atoms with Crippen molar-refractivity contribution in [2.75, 3.05) is 14.2 Å². The molecule has 0 aliphatic heterocycles. The molecule has 0 aromatic heterocycles. The Morgan fingerprint density at radius 2 is 0.932 bits per heavy atom. The molecule has 4 aromatic carbocycles. The highest BCUT2D eigenvalue weighted by Gasteiger charge is 2.50. The Hall–Kier alpha value is -3.68. The van der Waals surface area contributed by atoms with E-state index in [4.69, 9.17) is 9.78 Å². The van der Waals surface area contributed by atoms with Crippen molar-refractivity contribution in [3.05, 3.63) is 71.8 Å². The van der Waals surface area contributed by atoms with Crippen molar-refractivity contribution < 1.29 is 71.1 Å². The van der Waals surface area contributed by atoms with Crippen LogP contribution in [-0.2, 0) is 53.0 Å². The molecule has 0 spiro atoms. The number of fused-ring (bicyclic) bond motifs is 2. The van der Waals surface area contributed by atoms with E-state index in [0.717, 1.165) is 12.1 Å². The summed E-state index contributed by atoms with van der Waals surface area (Å²) in [5.41, 5.74) is -11.9. The number of hydrogen-bond donors (Lipinski definition) is 0. The Bertz CT molecular complexity index is 1770. The molecule has 0 fully saturated rings. The van der Waals surface area contributed by atoms with Gasteiger partial charge in [-0.25, -0.2) is 19.6 Å². The second kappa shape index (κ2) is 12.4. The Morgan fingerprint density at radius 1 is 0.568 bits per heavy atom. The first kappa shape index (κ1) is 33.2. The minimum absolute atomic E-state index is 0.0467. The monoisotopic (exact) mass is 670 g/mol. The Balaban J connectivity index is 2.12. The third-order valence-electron chi connectivity index (χ3n) is 5.99. The largest absolute Gasteiger partial charge is 0.534 e. The van der Waals surface area contributed by atoms with Crippen molar-refractivity contribution in [3.8, 4) is 22.6 Å². The van der Waals surface area contributed by atoms with Crippen LogP contribution >= 0.6 is 0 Å². The van der Waals surface area contributed by atoms with E-state index in [2.05, 4.69) is 18.1 Å². The molecule has 0 unspecified atom stereocenters. The fourth-order valence-electron chi connectivity index (χ4n) is 4.14. The second-order valence-electron chi connectivity index (χ2n) is 8.81. The molecule has 10 nitrogen and oxygen atoms in total. The summed E-state index contributed by atoms with van der Waals surface area (Å²) in [6, 6.07) is 12.4. The summed E-state index contributed by atoms with van der Waals surface area (Å²) in [7, 11) is -10.1. The van der Waals surface area contributed by atoms with Crippen LogP contribution < -0.4 is 8.37 Å².